The summed E-state index contributed by atoms with van der Waals surface area (Å²) in [5.74, 6) is -1.04. The number of nitrogens with zero attached hydrogens (tertiary/aromatic N) is 1. The highest BCUT2D eigenvalue weighted by molar-refractivity contribution is 5.97. The molecule has 1 atom stereocenters. The molecule has 0 radical (unpaired) electrons. The fraction of sp³-hybridized carbons (Fsp3) is 0.625. The van der Waals surface area contributed by atoms with E-state index >= 15 is 0 Å². The van der Waals surface area contributed by atoms with E-state index in [1.807, 2.05) is 4.57 Å². The van der Waals surface area contributed by atoms with E-state index in [0.29, 0.717) is 18.7 Å². The summed E-state index contributed by atoms with van der Waals surface area (Å²) in [5, 5.41) is 9.20. The van der Waals surface area contributed by atoms with Crippen LogP contribution in [0.3, 0.4) is 0 Å². The minimum atomic E-state index is -0.800. The van der Waals surface area contributed by atoms with Gasteiger partial charge >= 0.3 is 5.97 Å². The van der Waals surface area contributed by atoms with E-state index in [1.165, 1.54) is 0 Å². The molecule has 1 aliphatic heterocycles. The van der Waals surface area contributed by atoms with Crippen LogP contribution in [0.15, 0.2) is 12.1 Å². The van der Waals surface area contributed by atoms with Crippen LogP contribution in [0.5, 0.6) is 0 Å². The van der Waals surface area contributed by atoms with Crippen molar-refractivity contribution >= 4 is 11.8 Å². The molecule has 1 aliphatic carbocycles. The predicted molar refractivity (Wildman–Crippen MR) is 76.5 cm³/mol. The van der Waals surface area contributed by atoms with Gasteiger partial charge in [-0.15, -0.1) is 0 Å². The first-order valence-electron chi connectivity index (χ1n) is 7.61. The SMILES string of the molecule is COC1CCC(C(=O)c2ccc3n2CCC3C(=O)O)CC1. The molecule has 0 saturated heterocycles. The normalized spacial score (nSPS) is 28.3. The summed E-state index contributed by atoms with van der Waals surface area (Å²) >= 11 is 0. The molecule has 5 nitrogen and oxygen atoms in total. The molecule has 3 rings (SSSR count). The number of carbonyl (C=O) groups excluding carboxylic acids is 1. The maximum Gasteiger partial charge on any atom is 0.312 e. The molecule has 2 aliphatic rings. The van der Waals surface area contributed by atoms with Crippen LogP contribution < -0.4 is 0 Å². The highest BCUT2D eigenvalue weighted by Crippen LogP contribution is 2.34. The lowest BCUT2D eigenvalue weighted by molar-refractivity contribution is -0.138. The molecule has 0 bridgehead atoms. The summed E-state index contributed by atoms with van der Waals surface area (Å²) in [6, 6.07) is 3.61. The molecule has 0 spiro atoms. The number of aliphatic carboxylic acids is 1. The zero-order valence-corrected chi connectivity index (χ0v) is 12.2. The number of hydrogen-bond acceptors (Lipinski definition) is 3. The Balaban J connectivity index is 1.75. The smallest absolute Gasteiger partial charge is 0.312 e. The van der Waals surface area contributed by atoms with Gasteiger partial charge in [0.15, 0.2) is 5.78 Å². The number of ether oxygens (including phenoxy) is 1. The minimum Gasteiger partial charge on any atom is -0.481 e. The summed E-state index contributed by atoms with van der Waals surface area (Å²) in [5.41, 5.74) is 1.46. The molecule has 1 aromatic rings. The van der Waals surface area contributed by atoms with Crippen molar-refractivity contribution < 1.29 is 19.4 Å². The zero-order chi connectivity index (χ0) is 15.0. The van der Waals surface area contributed by atoms with Gasteiger partial charge in [-0.05, 0) is 44.2 Å². The monoisotopic (exact) mass is 291 g/mol. The Hall–Kier alpha value is -1.62. The van der Waals surface area contributed by atoms with Crippen LogP contribution in [0.25, 0.3) is 0 Å². The highest BCUT2D eigenvalue weighted by Gasteiger charge is 2.34. The number of rotatable bonds is 4. The van der Waals surface area contributed by atoms with E-state index in [9.17, 15) is 14.7 Å². The maximum atomic E-state index is 12.7. The first-order valence-corrected chi connectivity index (χ1v) is 7.61. The van der Waals surface area contributed by atoms with Gasteiger partial charge in [0.05, 0.1) is 17.7 Å². The lowest BCUT2D eigenvalue weighted by Gasteiger charge is -2.26. The second kappa shape index (κ2) is 5.64. The van der Waals surface area contributed by atoms with Crippen molar-refractivity contribution in [3.8, 4) is 0 Å². The summed E-state index contributed by atoms with van der Waals surface area (Å²) in [7, 11) is 1.72. The van der Waals surface area contributed by atoms with Crippen molar-refractivity contribution in [1.82, 2.24) is 4.57 Å². The molecule has 114 valence electrons. The topological polar surface area (TPSA) is 68.5 Å². The van der Waals surface area contributed by atoms with Gasteiger partial charge in [-0.25, -0.2) is 0 Å². The predicted octanol–water partition coefficient (Wildman–Crippen LogP) is 2.45. The molecule has 1 saturated carbocycles. The number of ketones is 1. The van der Waals surface area contributed by atoms with Gasteiger partial charge in [0.1, 0.15) is 0 Å². The Kier molecular flexibility index (Phi) is 3.85. The molecule has 0 amide bonds. The molecule has 0 aromatic carbocycles. The zero-order valence-electron chi connectivity index (χ0n) is 12.2. The summed E-state index contributed by atoms with van der Waals surface area (Å²) in [6.45, 7) is 0.633. The maximum absolute atomic E-state index is 12.7. The van der Waals surface area contributed by atoms with Gasteiger partial charge in [0.25, 0.3) is 0 Å². The quantitative estimate of drug-likeness (QED) is 0.865. The minimum absolute atomic E-state index is 0.0549. The van der Waals surface area contributed by atoms with E-state index in [4.69, 9.17) is 4.74 Å². The second-order valence-corrected chi connectivity index (χ2v) is 6.05. The fourth-order valence-corrected chi connectivity index (χ4v) is 3.68. The van der Waals surface area contributed by atoms with Crippen LogP contribution in [-0.4, -0.2) is 34.6 Å². The van der Waals surface area contributed by atoms with Crippen molar-refractivity contribution in [3.63, 3.8) is 0 Å². The van der Waals surface area contributed by atoms with Gasteiger partial charge < -0.3 is 14.4 Å². The molecular weight excluding hydrogens is 270 g/mol. The third kappa shape index (κ3) is 2.50. The number of hydrogen-bond donors (Lipinski definition) is 1. The van der Waals surface area contributed by atoms with E-state index in [2.05, 4.69) is 0 Å². The number of fused-ring (bicyclic) bond motifs is 1. The molecule has 1 aromatic heterocycles. The number of aromatic nitrogens is 1. The molecule has 5 heteroatoms. The molecule has 1 unspecified atom stereocenters. The van der Waals surface area contributed by atoms with Crippen LogP contribution in [0.2, 0.25) is 0 Å². The molecule has 2 heterocycles. The third-order valence-corrected chi connectivity index (χ3v) is 4.94. The molecule has 1 N–H and O–H groups in total. The van der Waals surface area contributed by atoms with Crippen LogP contribution in [0.1, 0.15) is 54.2 Å². The Morgan fingerprint density at radius 1 is 1.19 bits per heavy atom. The highest BCUT2D eigenvalue weighted by atomic mass is 16.5. The number of carboxylic acid groups (broad SMARTS) is 1. The Morgan fingerprint density at radius 2 is 1.90 bits per heavy atom. The number of carboxylic acids is 1. The van der Waals surface area contributed by atoms with Crippen molar-refractivity contribution in [2.24, 2.45) is 5.92 Å². The molecular formula is C16H21NO4. The molecule has 1 fully saturated rings. The van der Waals surface area contributed by atoms with E-state index < -0.39 is 11.9 Å². The number of carbonyl (C=O) groups is 2. The second-order valence-electron chi connectivity index (χ2n) is 6.05. The Labute approximate surface area is 123 Å². The van der Waals surface area contributed by atoms with E-state index in [0.717, 1.165) is 31.4 Å². The van der Waals surface area contributed by atoms with Crippen LogP contribution >= 0.6 is 0 Å². The first kappa shape index (κ1) is 14.3. The Bertz CT molecular complexity index is 555. The van der Waals surface area contributed by atoms with E-state index in [-0.39, 0.29) is 17.8 Å². The largest absolute Gasteiger partial charge is 0.481 e. The Morgan fingerprint density at radius 3 is 2.52 bits per heavy atom. The van der Waals surface area contributed by atoms with Gasteiger partial charge in [-0.3, -0.25) is 9.59 Å². The first-order chi connectivity index (χ1) is 10.1. The lowest BCUT2D eigenvalue weighted by Crippen LogP contribution is -2.26. The van der Waals surface area contributed by atoms with Crippen molar-refractivity contribution in [2.45, 2.75) is 50.7 Å². The van der Waals surface area contributed by atoms with Crippen LogP contribution in [0.4, 0.5) is 0 Å². The van der Waals surface area contributed by atoms with E-state index in [1.54, 1.807) is 19.2 Å². The van der Waals surface area contributed by atoms with Crippen LogP contribution in [-0.2, 0) is 16.1 Å². The van der Waals surface area contributed by atoms with Gasteiger partial charge in [0.2, 0.25) is 0 Å². The summed E-state index contributed by atoms with van der Waals surface area (Å²) in [4.78, 5) is 23.9. The van der Waals surface area contributed by atoms with Gasteiger partial charge in [0, 0.05) is 25.3 Å². The van der Waals surface area contributed by atoms with Gasteiger partial charge in [-0.1, -0.05) is 0 Å². The van der Waals surface area contributed by atoms with Crippen LogP contribution in [0, 0.1) is 5.92 Å². The fourth-order valence-electron chi connectivity index (χ4n) is 3.68. The average Bonchev–Trinajstić information content (AvgIpc) is 3.07. The van der Waals surface area contributed by atoms with Crippen molar-refractivity contribution in [3.05, 3.63) is 23.5 Å². The third-order valence-electron chi connectivity index (χ3n) is 4.94. The average molecular weight is 291 g/mol. The van der Waals surface area contributed by atoms with Crippen molar-refractivity contribution in [1.29, 1.82) is 0 Å². The number of methoxy groups -OCH3 is 1. The van der Waals surface area contributed by atoms with Crippen molar-refractivity contribution in [2.75, 3.05) is 7.11 Å². The standard InChI is InChI=1S/C16H21NO4/c1-21-11-4-2-10(3-5-11)15(18)14-7-6-13-12(16(19)20)8-9-17(13)14/h6-7,10-12H,2-5,8-9H2,1H3,(H,19,20). The molecule has 21 heavy (non-hydrogen) atoms. The number of Topliss-reactive ketones (excluding diaryl/α,β-unsaturated/α-hetero) is 1. The lowest BCUT2D eigenvalue weighted by atomic mass is 9.83. The summed E-state index contributed by atoms with van der Waals surface area (Å²) < 4.78 is 7.25. The summed E-state index contributed by atoms with van der Waals surface area (Å²) in [6.07, 6.45) is 4.45. The van der Waals surface area contributed by atoms with Gasteiger partial charge in [-0.2, -0.15) is 0 Å².